The molecule has 0 spiro atoms. The van der Waals surface area contributed by atoms with E-state index in [0.29, 0.717) is 5.65 Å². The van der Waals surface area contributed by atoms with Crippen LogP contribution in [-0.4, -0.2) is 19.9 Å². The standard InChI is InChI=1S/C15H10N4/c1-2-4-11-7-12(6-5-10(11)3-1)14-18-13-8-16-9-17-15(13)19-14/h1-9H,(H,16,17,18,19). The van der Waals surface area contributed by atoms with Crippen molar-refractivity contribution < 1.29 is 0 Å². The summed E-state index contributed by atoms with van der Waals surface area (Å²) in [6.45, 7) is 0. The first-order valence-electron chi connectivity index (χ1n) is 6.05. The average molecular weight is 246 g/mol. The first-order chi connectivity index (χ1) is 9.40. The maximum Gasteiger partial charge on any atom is 0.181 e. The molecule has 2 aromatic carbocycles. The van der Waals surface area contributed by atoms with Crippen molar-refractivity contribution in [2.75, 3.05) is 0 Å². The second-order valence-electron chi connectivity index (χ2n) is 4.41. The van der Waals surface area contributed by atoms with Gasteiger partial charge in [-0.15, -0.1) is 0 Å². The number of nitrogens with zero attached hydrogens (tertiary/aromatic N) is 3. The molecular weight excluding hydrogens is 236 g/mol. The highest BCUT2D eigenvalue weighted by atomic mass is 15.0. The number of rotatable bonds is 1. The van der Waals surface area contributed by atoms with Gasteiger partial charge in [0.05, 0.1) is 6.20 Å². The van der Waals surface area contributed by atoms with Gasteiger partial charge in [0, 0.05) is 5.56 Å². The van der Waals surface area contributed by atoms with Gasteiger partial charge in [0.25, 0.3) is 0 Å². The molecule has 0 atom stereocenters. The number of imidazole rings is 1. The highest BCUT2D eigenvalue weighted by Crippen LogP contribution is 2.23. The Kier molecular flexibility index (Phi) is 2.08. The van der Waals surface area contributed by atoms with Gasteiger partial charge in [0.2, 0.25) is 0 Å². The molecule has 0 aliphatic carbocycles. The van der Waals surface area contributed by atoms with Crippen LogP contribution in [-0.2, 0) is 0 Å². The summed E-state index contributed by atoms with van der Waals surface area (Å²) >= 11 is 0. The van der Waals surface area contributed by atoms with E-state index in [1.54, 1.807) is 6.20 Å². The Hall–Kier alpha value is -2.75. The Balaban J connectivity index is 1.93. The van der Waals surface area contributed by atoms with Crippen LogP contribution in [0.5, 0.6) is 0 Å². The van der Waals surface area contributed by atoms with E-state index in [9.17, 15) is 0 Å². The SMILES string of the molecule is c1ccc2cc(-c3nc4ncncc4[nH]3)ccc2c1. The Morgan fingerprint density at radius 1 is 0.947 bits per heavy atom. The van der Waals surface area contributed by atoms with Gasteiger partial charge in [-0.1, -0.05) is 36.4 Å². The molecule has 0 fully saturated rings. The summed E-state index contributed by atoms with van der Waals surface area (Å²) in [6, 6.07) is 14.6. The molecule has 0 saturated carbocycles. The molecule has 0 aliphatic heterocycles. The first-order valence-corrected chi connectivity index (χ1v) is 6.05. The van der Waals surface area contributed by atoms with Gasteiger partial charge in [-0.3, -0.25) is 0 Å². The number of benzene rings is 2. The number of H-pyrrole nitrogens is 1. The summed E-state index contributed by atoms with van der Waals surface area (Å²) in [7, 11) is 0. The molecule has 0 saturated heterocycles. The van der Waals surface area contributed by atoms with E-state index in [-0.39, 0.29) is 0 Å². The van der Waals surface area contributed by atoms with Gasteiger partial charge >= 0.3 is 0 Å². The predicted octanol–water partition coefficient (Wildman–Crippen LogP) is 3.17. The predicted molar refractivity (Wildman–Crippen MR) is 74.6 cm³/mol. The van der Waals surface area contributed by atoms with Crippen molar-refractivity contribution in [2.45, 2.75) is 0 Å². The summed E-state index contributed by atoms with van der Waals surface area (Å²) in [5.41, 5.74) is 2.60. The van der Waals surface area contributed by atoms with E-state index >= 15 is 0 Å². The van der Waals surface area contributed by atoms with E-state index in [1.807, 2.05) is 12.1 Å². The molecule has 4 aromatic rings. The van der Waals surface area contributed by atoms with Crippen molar-refractivity contribution >= 4 is 21.9 Å². The van der Waals surface area contributed by atoms with Crippen molar-refractivity contribution in [1.82, 2.24) is 19.9 Å². The Morgan fingerprint density at radius 3 is 2.74 bits per heavy atom. The fourth-order valence-corrected chi connectivity index (χ4v) is 2.24. The van der Waals surface area contributed by atoms with Crippen molar-refractivity contribution in [1.29, 1.82) is 0 Å². The van der Waals surface area contributed by atoms with Crippen molar-refractivity contribution in [3.8, 4) is 11.4 Å². The summed E-state index contributed by atoms with van der Waals surface area (Å²) in [6.07, 6.45) is 3.24. The molecule has 2 aromatic heterocycles. The second-order valence-corrected chi connectivity index (χ2v) is 4.41. The molecule has 0 bridgehead atoms. The number of aromatic amines is 1. The van der Waals surface area contributed by atoms with Crippen LogP contribution in [0.4, 0.5) is 0 Å². The van der Waals surface area contributed by atoms with Crippen LogP contribution >= 0.6 is 0 Å². The molecule has 0 aliphatic rings. The van der Waals surface area contributed by atoms with E-state index < -0.39 is 0 Å². The summed E-state index contributed by atoms with van der Waals surface area (Å²) in [5, 5.41) is 2.42. The molecule has 4 rings (SSSR count). The molecule has 2 heterocycles. The first kappa shape index (κ1) is 10.2. The highest BCUT2D eigenvalue weighted by molar-refractivity contribution is 5.87. The Morgan fingerprint density at radius 2 is 1.84 bits per heavy atom. The zero-order chi connectivity index (χ0) is 12.7. The molecular formula is C15H10N4. The molecule has 0 radical (unpaired) electrons. The zero-order valence-electron chi connectivity index (χ0n) is 10.0. The van der Waals surface area contributed by atoms with Gasteiger partial charge in [0.1, 0.15) is 17.7 Å². The highest BCUT2D eigenvalue weighted by Gasteiger charge is 2.06. The van der Waals surface area contributed by atoms with Gasteiger partial charge in [-0.25, -0.2) is 15.0 Å². The van der Waals surface area contributed by atoms with Crippen molar-refractivity contribution in [2.24, 2.45) is 0 Å². The normalized spacial score (nSPS) is 11.2. The topological polar surface area (TPSA) is 54.5 Å². The van der Waals surface area contributed by atoms with Crippen LogP contribution in [0.3, 0.4) is 0 Å². The van der Waals surface area contributed by atoms with Crippen LogP contribution in [0.1, 0.15) is 0 Å². The third-order valence-electron chi connectivity index (χ3n) is 3.18. The molecule has 90 valence electrons. The molecule has 0 unspecified atom stereocenters. The second kappa shape index (κ2) is 3.88. The van der Waals surface area contributed by atoms with E-state index in [1.165, 1.54) is 17.1 Å². The van der Waals surface area contributed by atoms with Gasteiger partial charge in [0.15, 0.2) is 5.65 Å². The molecule has 4 heteroatoms. The minimum absolute atomic E-state index is 0.693. The number of hydrogen-bond acceptors (Lipinski definition) is 3. The van der Waals surface area contributed by atoms with Crippen molar-refractivity contribution in [3.05, 3.63) is 55.0 Å². The van der Waals surface area contributed by atoms with Crippen molar-refractivity contribution in [3.63, 3.8) is 0 Å². The average Bonchev–Trinajstić information content (AvgIpc) is 2.90. The summed E-state index contributed by atoms with van der Waals surface area (Å²) < 4.78 is 0. The lowest BCUT2D eigenvalue weighted by molar-refractivity contribution is 1.20. The van der Waals surface area contributed by atoms with Crippen LogP contribution < -0.4 is 0 Å². The Labute approximate surface area is 109 Å². The lowest BCUT2D eigenvalue weighted by Gasteiger charge is -2.00. The quantitative estimate of drug-likeness (QED) is 0.561. The third-order valence-corrected chi connectivity index (χ3v) is 3.18. The summed E-state index contributed by atoms with van der Waals surface area (Å²) in [5.74, 6) is 0.821. The fourth-order valence-electron chi connectivity index (χ4n) is 2.24. The van der Waals surface area contributed by atoms with Crippen LogP contribution in [0.2, 0.25) is 0 Å². The maximum absolute atomic E-state index is 4.48. The molecule has 4 nitrogen and oxygen atoms in total. The largest absolute Gasteiger partial charge is 0.335 e. The number of nitrogens with one attached hydrogen (secondary N) is 1. The zero-order valence-corrected chi connectivity index (χ0v) is 10.0. The number of fused-ring (bicyclic) bond motifs is 2. The number of hydrogen-bond donors (Lipinski definition) is 1. The van der Waals surface area contributed by atoms with E-state index in [0.717, 1.165) is 16.9 Å². The smallest absolute Gasteiger partial charge is 0.181 e. The summed E-state index contributed by atoms with van der Waals surface area (Å²) in [4.78, 5) is 15.8. The molecule has 19 heavy (non-hydrogen) atoms. The molecule has 0 amide bonds. The van der Waals surface area contributed by atoms with Gasteiger partial charge < -0.3 is 4.98 Å². The molecule has 1 N–H and O–H groups in total. The maximum atomic E-state index is 4.48. The fraction of sp³-hybridized carbons (Fsp3) is 0. The lowest BCUT2D eigenvalue weighted by Crippen LogP contribution is -1.81. The van der Waals surface area contributed by atoms with Crippen LogP contribution in [0.25, 0.3) is 33.3 Å². The van der Waals surface area contributed by atoms with E-state index in [2.05, 4.69) is 50.3 Å². The third kappa shape index (κ3) is 1.65. The lowest BCUT2D eigenvalue weighted by atomic mass is 10.1. The number of aromatic nitrogens is 4. The van der Waals surface area contributed by atoms with Crippen LogP contribution in [0.15, 0.2) is 55.0 Å². The Bertz CT molecular complexity index is 846. The monoisotopic (exact) mass is 246 g/mol. The van der Waals surface area contributed by atoms with Crippen LogP contribution in [0, 0.1) is 0 Å². The van der Waals surface area contributed by atoms with E-state index in [4.69, 9.17) is 0 Å². The van der Waals surface area contributed by atoms with Gasteiger partial charge in [-0.2, -0.15) is 0 Å². The minimum Gasteiger partial charge on any atom is -0.335 e. The van der Waals surface area contributed by atoms with Gasteiger partial charge in [-0.05, 0) is 16.8 Å². The minimum atomic E-state index is 0.693.